The Morgan fingerprint density at radius 3 is 2.55 bits per heavy atom. The number of benzene rings is 2. The summed E-state index contributed by atoms with van der Waals surface area (Å²) in [6, 6.07) is 11.7. The first kappa shape index (κ1) is 23.5. The molecular weight excluding hydrogens is 428 g/mol. The van der Waals surface area contributed by atoms with E-state index in [2.05, 4.69) is 44.6 Å². The Balaban J connectivity index is 1.80. The van der Waals surface area contributed by atoms with Crippen LogP contribution in [0, 0.1) is 11.3 Å². The van der Waals surface area contributed by atoms with Crippen molar-refractivity contribution in [3.8, 4) is 5.75 Å². The van der Waals surface area contributed by atoms with Gasteiger partial charge in [0.1, 0.15) is 0 Å². The van der Waals surface area contributed by atoms with E-state index in [-0.39, 0.29) is 0 Å². The zero-order chi connectivity index (χ0) is 22.6. The average Bonchev–Trinajstić information content (AvgIpc) is 3.10. The van der Waals surface area contributed by atoms with Gasteiger partial charge in [0.2, 0.25) is 0 Å². The minimum absolute atomic E-state index is 0.322. The van der Waals surface area contributed by atoms with E-state index in [0.29, 0.717) is 29.4 Å². The highest BCUT2D eigenvalue weighted by molar-refractivity contribution is 7.22. The van der Waals surface area contributed by atoms with Crippen molar-refractivity contribution < 1.29 is 10.3 Å². The molecule has 0 radical (unpaired) electrons. The topological polar surface area (TPSA) is 63.3 Å². The summed E-state index contributed by atoms with van der Waals surface area (Å²) in [6.07, 6.45) is 2.15. The molecule has 2 N–H and O–H groups in total. The zero-order valence-corrected chi connectivity index (χ0v) is 20.6. The molecule has 1 atom stereocenters. The lowest BCUT2D eigenvalue weighted by atomic mass is 9.84. The minimum atomic E-state index is 0.322. The van der Waals surface area contributed by atoms with E-state index in [9.17, 15) is 0 Å². The van der Waals surface area contributed by atoms with Gasteiger partial charge in [-0.3, -0.25) is 0 Å². The smallest absolute Gasteiger partial charge is 0.190 e. The van der Waals surface area contributed by atoms with Gasteiger partial charge in [0.15, 0.2) is 16.6 Å². The van der Waals surface area contributed by atoms with E-state index in [1.165, 1.54) is 0 Å². The molecule has 0 aliphatic rings. The van der Waals surface area contributed by atoms with Crippen LogP contribution in [-0.2, 0) is 0 Å². The van der Waals surface area contributed by atoms with Crippen molar-refractivity contribution in [3.05, 3.63) is 41.4 Å². The summed E-state index contributed by atoms with van der Waals surface area (Å²) in [7, 11) is 0. The third-order valence-corrected chi connectivity index (χ3v) is 6.40. The van der Waals surface area contributed by atoms with E-state index < -0.39 is 0 Å². The van der Waals surface area contributed by atoms with Crippen molar-refractivity contribution in [2.45, 2.75) is 47.5 Å². The van der Waals surface area contributed by atoms with E-state index >= 15 is 0 Å². The fourth-order valence-corrected chi connectivity index (χ4v) is 5.02. The Kier molecular flexibility index (Phi) is 7.55. The lowest BCUT2D eigenvalue weighted by Crippen LogP contribution is -2.22. The van der Waals surface area contributed by atoms with Crippen molar-refractivity contribution in [2.75, 3.05) is 18.1 Å². The van der Waals surface area contributed by atoms with Crippen molar-refractivity contribution in [1.29, 1.82) is 0 Å². The summed E-state index contributed by atoms with van der Waals surface area (Å²) in [5, 5.41) is 5.58. The van der Waals surface area contributed by atoms with Gasteiger partial charge >= 0.3 is 0 Å². The molecule has 31 heavy (non-hydrogen) atoms. The van der Waals surface area contributed by atoms with Gasteiger partial charge < -0.3 is 9.64 Å². The molecule has 3 aromatic rings. The van der Waals surface area contributed by atoms with E-state index in [0.717, 1.165) is 45.4 Å². The maximum atomic E-state index is 6.08. The number of fused-ring (bicyclic) bond motifs is 1. The van der Waals surface area contributed by atoms with Crippen LogP contribution < -0.4 is 15.2 Å². The highest BCUT2D eigenvalue weighted by Crippen LogP contribution is 2.39. The zero-order valence-electron chi connectivity index (χ0n) is 19.0. The van der Waals surface area contributed by atoms with Gasteiger partial charge in [0, 0.05) is 23.3 Å². The fourth-order valence-electron chi connectivity index (χ4n) is 3.83. The average molecular weight is 460 g/mol. The number of nitrogens with zero attached hydrogens (tertiary/aromatic N) is 3. The van der Waals surface area contributed by atoms with Gasteiger partial charge in [-0.25, -0.2) is 4.98 Å². The van der Waals surface area contributed by atoms with Crippen LogP contribution in [0.25, 0.3) is 10.2 Å². The second kappa shape index (κ2) is 9.96. The number of rotatable bonds is 9. The number of ether oxygens (including phenoxy) is 1. The first-order chi connectivity index (χ1) is 14.7. The molecule has 0 aliphatic carbocycles. The molecule has 0 saturated heterocycles. The fraction of sp³-hybridized carbons (Fsp3) is 0.458. The van der Waals surface area contributed by atoms with Gasteiger partial charge in [-0.15, -0.1) is 0 Å². The molecule has 0 bridgehead atoms. The summed E-state index contributed by atoms with van der Waals surface area (Å²) in [4.78, 5) is 7.02. The molecule has 0 spiro atoms. The number of aromatic nitrogens is 1. The van der Waals surface area contributed by atoms with Crippen LogP contribution in [0.5, 0.6) is 5.75 Å². The first-order valence-electron chi connectivity index (χ1n) is 10.7. The molecule has 0 amide bonds. The second-order valence-electron chi connectivity index (χ2n) is 9.14. The largest absolute Gasteiger partial charge is 0.491 e. The normalized spacial score (nSPS) is 12.7. The van der Waals surface area contributed by atoms with Gasteiger partial charge in [-0.2, -0.15) is 5.53 Å². The van der Waals surface area contributed by atoms with Crippen LogP contribution in [0.1, 0.15) is 47.5 Å². The highest BCUT2D eigenvalue weighted by atomic mass is 35.5. The van der Waals surface area contributed by atoms with E-state index in [4.69, 9.17) is 26.9 Å². The summed E-state index contributed by atoms with van der Waals surface area (Å²) in [5.74, 6) is 1.27. The van der Waals surface area contributed by atoms with Crippen molar-refractivity contribution >= 4 is 49.7 Å². The number of hydrogen-bond acceptors (Lipinski definition) is 5. The first-order valence-corrected chi connectivity index (χ1v) is 11.9. The van der Waals surface area contributed by atoms with E-state index in [1.54, 1.807) is 11.3 Å². The molecule has 0 saturated carbocycles. The maximum Gasteiger partial charge on any atom is 0.190 e. The molecule has 166 valence electrons. The highest BCUT2D eigenvalue weighted by Gasteiger charge is 2.18. The second-order valence-corrected chi connectivity index (χ2v) is 10.6. The lowest BCUT2D eigenvalue weighted by Gasteiger charge is -2.23. The monoisotopic (exact) mass is 459 g/mol. The third kappa shape index (κ3) is 6.17. The van der Waals surface area contributed by atoms with Gasteiger partial charge in [-0.1, -0.05) is 50.6 Å². The number of halogens is 1. The summed E-state index contributed by atoms with van der Waals surface area (Å²) in [6.45, 7) is 12.6. The Labute approximate surface area is 193 Å². The molecule has 1 heterocycles. The Hall–Kier alpha value is -2.18. The van der Waals surface area contributed by atoms with Crippen LogP contribution in [0.2, 0.25) is 5.02 Å². The van der Waals surface area contributed by atoms with Gasteiger partial charge in [0.05, 0.1) is 16.8 Å². The number of nitrogens with two attached hydrogens (primary N) is 1. The molecule has 1 unspecified atom stereocenters. The Bertz CT molecular complexity index is 1030. The maximum absolute atomic E-state index is 6.08. The number of hydrogen-bond donors (Lipinski definition) is 1. The van der Waals surface area contributed by atoms with Crippen molar-refractivity contribution in [2.24, 2.45) is 16.4 Å². The number of thiazole rings is 1. The number of anilines is 2. The van der Waals surface area contributed by atoms with E-state index in [1.807, 2.05) is 36.4 Å². The Morgan fingerprint density at radius 1 is 1.23 bits per heavy atom. The molecule has 0 fully saturated rings. The predicted molar refractivity (Wildman–Crippen MR) is 131 cm³/mol. The summed E-state index contributed by atoms with van der Waals surface area (Å²) >= 11 is 7.66. The van der Waals surface area contributed by atoms with Crippen LogP contribution in [0.15, 0.2) is 41.5 Å². The molecule has 3 rings (SSSR count). The molecule has 7 heteroatoms. The predicted octanol–water partition coefficient (Wildman–Crippen LogP) is 6.79. The lowest BCUT2D eigenvalue weighted by molar-refractivity contribution is -0.210. The molecule has 1 aromatic heterocycles. The summed E-state index contributed by atoms with van der Waals surface area (Å²) < 4.78 is 7.11. The third-order valence-electron chi connectivity index (χ3n) is 5.11. The standard InChI is InChI=1S/C24H31ClN4OS/c1-6-29(18-9-7-17(25)8-10-18)23-27-20-13-21(19(28-26)14-22(20)31-23)30-12-11-16(2)15-24(3,4)5/h7-10,13-14,16,26H,6,11-12,15H2,1-5H3/p+1. The Morgan fingerprint density at radius 2 is 1.94 bits per heavy atom. The summed E-state index contributed by atoms with van der Waals surface area (Å²) in [5.41, 5.74) is 8.58. The van der Waals surface area contributed by atoms with Crippen LogP contribution in [0.4, 0.5) is 16.5 Å². The van der Waals surface area contributed by atoms with Crippen LogP contribution in [-0.4, -0.2) is 18.1 Å². The molecule has 5 nitrogen and oxygen atoms in total. The molecular formula is C24H32ClN4OS+. The molecule has 2 aromatic carbocycles. The van der Waals surface area contributed by atoms with Crippen LogP contribution >= 0.6 is 22.9 Å². The quantitative estimate of drug-likeness (QED) is 0.358. The van der Waals surface area contributed by atoms with Gasteiger partial charge in [-0.05, 0) is 66.5 Å². The molecule has 0 aliphatic heterocycles. The van der Waals surface area contributed by atoms with Crippen LogP contribution in [0.3, 0.4) is 0 Å². The van der Waals surface area contributed by atoms with Gasteiger partial charge in [0.25, 0.3) is 0 Å². The SMILES string of the molecule is CCN(c1ccc(Cl)cc1)c1nc2cc(OCCC(C)CC(C)(C)C)c(N=[NH2+])cc2s1. The van der Waals surface area contributed by atoms with Crippen molar-refractivity contribution in [3.63, 3.8) is 0 Å². The van der Waals surface area contributed by atoms with Crippen molar-refractivity contribution in [1.82, 2.24) is 4.98 Å². The minimum Gasteiger partial charge on any atom is -0.491 e.